The van der Waals surface area contributed by atoms with Crippen LogP contribution in [-0.4, -0.2) is 31.7 Å². The van der Waals surface area contributed by atoms with Gasteiger partial charge in [0.15, 0.2) is 5.82 Å². The van der Waals surface area contributed by atoms with Gasteiger partial charge in [-0.1, -0.05) is 37.3 Å². The van der Waals surface area contributed by atoms with Crippen LogP contribution in [0.25, 0.3) is 11.3 Å². The summed E-state index contributed by atoms with van der Waals surface area (Å²) in [5.74, 6) is 2.87. The molecule has 0 radical (unpaired) electrons. The van der Waals surface area contributed by atoms with Crippen molar-refractivity contribution in [2.24, 2.45) is 5.92 Å². The van der Waals surface area contributed by atoms with Gasteiger partial charge in [0.2, 0.25) is 0 Å². The lowest BCUT2D eigenvalue weighted by atomic mass is 9.99. The third kappa shape index (κ3) is 5.66. The molecule has 36 heavy (non-hydrogen) atoms. The van der Waals surface area contributed by atoms with E-state index in [9.17, 15) is 8.42 Å². The molecule has 7 nitrogen and oxygen atoms in total. The SMILES string of the molecule is CC1CCN(c2ccc(-c3cccc(NS(=O)(=O)c4ccc(Oc5ccccc5)cc4)c3)nn2)CC1. The summed E-state index contributed by atoms with van der Waals surface area (Å²) >= 11 is 0. The van der Waals surface area contributed by atoms with E-state index in [2.05, 4.69) is 26.7 Å². The second kappa shape index (κ2) is 10.4. The molecule has 0 amide bonds. The van der Waals surface area contributed by atoms with Crippen LogP contribution in [0.5, 0.6) is 11.5 Å². The van der Waals surface area contributed by atoms with Gasteiger partial charge in [-0.3, -0.25) is 4.72 Å². The van der Waals surface area contributed by atoms with Crippen LogP contribution in [-0.2, 0) is 10.0 Å². The maximum atomic E-state index is 13.0. The highest BCUT2D eigenvalue weighted by atomic mass is 32.2. The quantitative estimate of drug-likeness (QED) is 0.336. The predicted octanol–water partition coefficient (Wildman–Crippen LogP) is 5.97. The number of piperidine rings is 1. The molecule has 4 aromatic rings. The van der Waals surface area contributed by atoms with Crippen molar-refractivity contribution in [2.45, 2.75) is 24.7 Å². The summed E-state index contributed by atoms with van der Waals surface area (Å²) in [6.07, 6.45) is 2.32. The highest BCUT2D eigenvalue weighted by Gasteiger charge is 2.18. The molecule has 1 aliphatic rings. The molecule has 0 atom stereocenters. The van der Waals surface area contributed by atoms with Crippen molar-refractivity contribution in [3.63, 3.8) is 0 Å². The second-order valence-electron chi connectivity index (χ2n) is 9.02. The van der Waals surface area contributed by atoms with E-state index >= 15 is 0 Å². The molecule has 1 N–H and O–H groups in total. The van der Waals surface area contributed by atoms with E-state index in [1.165, 1.54) is 12.1 Å². The summed E-state index contributed by atoms with van der Waals surface area (Å²) in [6, 6.07) is 26.7. The van der Waals surface area contributed by atoms with Gasteiger partial charge >= 0.3 is 0 Å². The van der Waals surface area contributed by atoms with Crippen LogP contribution in [0.15, 0.2) is 95.9 Å². The molecular weight excluding hydrogens is 472 g/mol. The molecule has 3 aromatic carbocycles. The van der Waals surface area contributed by atoms with Crippen LogP contribution in [0, 0.1) is 5.92 Å². The molecule has 0 aliphatic carbocycles. The maximum Gasteiger partial charge on any atom is 0.261 e. The topological polar surface area (TPSA) is 84.4 Å². The number of para-hydroxylation sites is 1. The van der Waals surface area contributed by atoms with E-state index in [1.54, 1.807) is 30.3 Å². The van der Waals surface area contributed by atoms with Gasteiger partial charge in [0.25, 0.3) is 10.0 Å². The van der Waals surface area contributed by atoms with Gasteiger partial charge < -0.3 is 9.64 Å². The van der Waals surface area contributed by atoms with Crippen LogP contribution in [0.4, 0.5) is 11.5 Å². The fourth-order valence-corrected chi connectivity index (χ4v) is 5.20. The lowest BCUT2D eigenvalue weighted by Gasteiger charge is -2.30. The first-order valence-electron chi connectivity index (χ1n) is 12.0. The van der Waals surface area contributed by atoms with E-state index in [4.69, 9.17) is 4.74 Å². The Kier molecular flexibility index (Phi) is 6.86. The molecule has 0 bridgehead atoms. The number of rotatable bonds is 7. The molecule has 0 saturated carbocycles. The summed E-state index contributed by atoms with van der Waals surface area (Å²) < 4.78 is 34.4. The first-order chi connectivity index (χ1) is 17.5. The smallest absolute Gasteiger partial charge is 0.261 e. The number of hydrogen-bond acceptors (Lipinski definition) is 6. The fraction of sp³-hybridized carbons (Fsp3) is 0.214. The fourth-order valence-electron chi connectivity index (χ4n) is 4.15. The normalized spacial score (nSPS) is 14.4. The van der Waals surface area contributed by atoms with E-state index in [1.807, 2.05) is 48.5 Å². The third-order valence-corrected chi connectivity index (χ3v) is 7.68. The molecule has 1 fully saturated rings. The lowest BCUT2D eigenvalue weighted by molar-refractivity contribution is 0.436. The summed E-state index contributed by atoms with van der Waals surface area (Å²) in [6.45, 7) is 4.26. The Morgan fingerprint density at radius 1 is 0.833 bits per heavy atom. The average Bonchev–Trinajstić information content (AvgIpc) is 2.90. The van der Waals surface area contributed by atoms with Crippen molar-refractivity contribution in [2.75, 3.05) is 22.7 Å². The van der Waals surface area contributed by atoms with E-state index in [0.717, 1.165) is 43.2 Å². The second-order valence-corrected chi connectivity index (χ2v) is 10.7. The van der Waals surface area contributed by atoms with Crippen molar-refractivity contribution in [3.8, 4) is 22.8 Å². The van der Waals surface area contributed by atoms with Crippen molar-refractivity contribution in [1.82, 2.24) is 10.2 Å². The van der Waals surface area contributed by atoms with E-state index in [-0.39, 0.29) is 4.90 Å². The number of anilines is 2. The van der Waals surface area contributed by atoms with Crippen LogP contribution in [0.1, 0.15) is 19.8 Å². The molecule has 1 saturated heterocycles. The van der Waals surface area contributed by atoms with E-state index < -0.39 is 10.0 Å². The molecular formula is C28H28N4O3S. The first-order valence-corrected chi connectivity index (χ1v) is 13.5. The van der Waals surface area contributed by atoms with Crippen molar-refractivity contribution in [3.05, 3.63) is 91.0 Å². The van der Waals surface area contributed by atoms with Crippen LogP contribution < -0.4 is 14.4 Å². The molecule has 1 aromatic heterocycles. The number of nitrogens with zero attached hydrogens (tertiary/aromatic N) is 3. The summed E-state index contributed by atoms with van der Waals surface area (Å²) in [5.41, 5.74) is 1.92. The van der Waals surface area contributed by atoms with Gasteiger partial charge in [0.1, 0.15) is 11.5 Å². The van der Waals surface area contributed by atoms with Crippen molar-refractivity contribution < 1.29 is 13.2 Å². The molecule has 0 unspecified atom stereocenters. The minimum Gasteiger partial charge on any atom is -0.457 e. The minimum absolute atomic E-state index is 0.147. The zero-order chi connectivity index (χ0) is 25.0. The van der Waals surface area contributed by atoms with Gasteiger partial charge in [-0.15, -0.1) is 10.2 Å². The number of ether oxygens (including phenoxy) is 1. The first kappa shape index (κ1) is 23.8. The van der Waals surface area contributed by atoms with Crippen LogP contribution >= 0.6 is 0 Å². The largest absolute Gasteiger partial charge is 0.457 e. The molecule has 1 aliphatic heterocycles. The third-order valence-electron chi connectivity index (χ3n) is 6.28. The summed E-state index contributed by atoms with van der Waals surface area (Å²) in [4.78, 5) is 2.41. The van der Waals surface area contributed by atoms with Crippen LogP contribution in [0.3, 0.4) is 0 Å². The Hall–Kier alpha value is -3.91. The Morgan fingerprint density at radius 2 is 1.56 bits per heavy atom. The summed E-state index contributed by atoms with van der Waals surface area (Å²) in [5, 5.41) is 8.82. The van der Waals surface area contributed by atoms with Gasteiger partial charge in [-0.2, -0.15) is 0 Å². The van der Waals surface area contributed by atoms with Crippen molar-refractivity contribution >= 4 is 21.5 Å². The number of hydrogen-bond donors (Lipinski definition) is 1. The average molecular weight is 501 g/mol. The zero-order valence-corrected chi connectivity index (χ0v) is 20.9. The lowest BCUT2D eigenvalue weighted by Crippen LogP contribution is -2.33. The Bertz CT molecular complexity index is 1400. The number of sulfonamides is 1. The monoisotopic (exact) mass is 500 g/mol. The standard InChI is InChI=1S/C28H28N4O3S/c1-21-16-18-32(19-17-21)28-15-14-27(29-30-28)22-6-5-7-23(20-22)31-36(33,34)26-12-10-25(11-13-26)35-24-8-3-2-4-9-24/h2-15,20-21,31H,16-19H2,1H3. The van der Waals surface area contributed by atoms with E-state index in [0.29, 0.717) is 22.9 Å². The Morgan fingerprint density at radius 3 is 2.25 bits per heavy atom. The summed E-state index contributed by atoms with van der Waals surface area (Å²) in [7, 11) is -3.78. The van der Waals surface area contributed by atoms with Crippen LogP contribution in [0.2, 0.25) is 0 Å². The Balaban J connectivity index is 1.27. The highest BCUT2D eigenvalue weighted by Crippen LogP contribution is 2.27. The predicted molar refractivity (Wildman–Crippen MR) is 142 cm³/mol. The molecule has 184 valence electrons. The molecule has 2 heterocycles. The zero-order valence-electron chi connectivity index (χ0n) is 20.0. The Labute approximate surface area is 211 Å². The maximum absolute atomic E-state index is 13.0. The number of benzene rings is 3. The van der Waals surface area contributed by atoms with Gasteiger partial charge in [-0.25, -0.2) is 8.42 Å². The van der Waals surface area contributed by atoms with Crippen molar-refractivity contribution in [1.29, 1.82) is 0 Å². The highest BCUT2D eigenvalue weighted by molar-refractivity contribution is 7.92. The number of aromatic nitrogens is 2. The van der Waals surface area contributed by atoms with Gasteiger partial charge in [0.05, 0.1) is 10.6 Å². The molecule has 8 heteroatoms. The van der Waals surface area contributed by atoms with Gasteiger partial charge in [-0.05, 0) is 79.4 Å². The minimum atomic E-state index is -3.78. The molecule has 5 rings (SSSR count). The number of nitrogens with one attached hydrogen (secondary N) is 1. The molecule has 0 spiro atoms. The van der Waals surface area contributed by atoms with Gasteiger partial charge in [0, 0.05) is 24.3 Å².